The minimum absolute atomic E-state index is 0.0723. The van der Waals surface area contributed by atoms with Crippen molar-refractivity contribution >= 4 is 11.8 Å². The Hall–Kier alpha value is -2.62. The third kappa shape index (κ3) is 3.66. The smallest absolute Gasteiger partial charge is 0.254 e. The molecule has 1 aliphatic heterocycles. The molecular weight excluding hydrogens is 384 g/mol. The van der Waals surface area contributed by atoms with Gasteiger partial charge in [0.1, 0.15) is 0 Å². The zero-order chi connectivity index (χ0) is 21.3. The maximum Gasteiger partial charge on any atom is 0.254 e. The summed E-state index contributed by atoms with van der Waals surface area (Å²) in [7, 11) is 0. The molecule has 2 aliphatic carbocycles. The summed E-state index contributed by atoms with van der Waals surface area (Å²) in [6, 6.07) is 18.3. The number of fused-ring (bicyclic) bond motifs is 1. The fourth-order valence-corrected chi connectivity index (χ4v) is 6.19. The molecule has 1 unspecified atom stereocenters. The van der Waals surface area contributed by atoms with Crippen molar-refractivity contribution in [2.45, 2.75) is 81.8 Å². The molecule has 1 spiro atoms. The first-order chi connectivity index (χ1) is 15.2. The Morgan fingerprint density at radius 2 is 1.58 bits per heavy atom. The van der Waals surface area contributed by atoms with Crippen LogP contribution in [0.4, 0.5) is 0 Å². The molecule has 0 radical (unpaired) electrons. The van der Waals surface area contributed by atoms with E-state index in [9.17, 15) is 9.59 Å². The topological polar surface area (TPSA) is 49.4 Å². The van der Waals surface area contributed by atoms with Gasteiger partial charge in [-0.3, -0.25) is 9.59 Å². The number of amides is 2. The Morgan fingerprint density at radius 1 is 0.903 bits per heavy atom. The second kappa shape index (κ2) is 8.49. The highest BCUT2D eigenvalue weighted by atomic mass is 16.2. The van der Waals surface area contributed by atoms with Gasteiger partial charge in [-0.15, -0.1) is 0 Å². The minimum Gasteiger partial charge on any atom is -0.353 e. The molecule has 0 saturated heterocycles. The third-order valence-corrected chi connectivity index (χ3v) is 7.69. The zero-order valence-corrected chi connectivity index (χ0v) is 18.2. The predicted octanol–water partition coefficient (Wildman–Crippen LogP) is 5.19. The molecule has 1 heterocycles. The van der Waals surface area contributed by atoms with E-state index in [1.165, 1.54) is 19.3 Å². The zero-order valence-electron chi connectivity index (χ0n) is 18.2. The molecule has 1 N–H and O–H groups in total. The quantitative estimate of drug-likeness (QED) is 0.746. The van der Waals surface area contributed by atoms with Gasteiger partial charge in [-0.1, -0.05) is 80.6 Å². The van der Waals surface area contributed by atoms with Crippen molar-refractivity contribution in [2.24, 2.45) is 0 Å². The maximum atomic E-state index is 13.8. The largest absolute Gasteiger partial charge is 0.353 e. The fourth-order valence-electron chi connectivity index (χ4n) is 6.19. The van der Waals surface area contributed by atoms with Gasteiger partial charge in [0, 0.05) is 18.2 Å². The van der Waals surface area contributed by atoms with E-state index in [1.54, 1.807) is 0 Å². The molecule has 4 heteroatoms. The van der Waals surface area contributed by atoms with Gasteiger partial charge in [0.15, 0.2) is 0 Å². The van der Waals surface area contributed by atoms with Crippen LogP contribution in [0.2, 0.25) is 0 Å². The molecule has 162 valence electrons. The Kier molecular flexibility index (Phi) is 5.56. The van der Waals surface area contributed by atoms with Crippen molar-refractivity contribution in [1.29, 1.82) is 0 Å². The van der Waals surface area contributed by atoms with Gasteiger partial charge in [-0.05, 0) is 42.9 Å². The monoisotopic (exact) mass is 416 g/mol. The van der Waals surface area contributed by atoms with Gasteiger partial charge in [-0.25, -0.2) is 0 Å². The molecule has 5 rings (SSSR count). The molecule has 2 saturated carbocycles. The SMILES string of the molecule is O=C(NC1CCCCC1)C1c2ccccc2C(=O)N(Cc2ccccc2)C12CCCC2. The van der Waals surface area contributed by atoms with Crippen LogP contribution in [0.3, 0.4) is 0 Å². The van der Waals surface area contributed by atoms with Gasteiger partial charge in [-0.2, -0.15) is 0 Å². The summed E-state index contributed by atoms with van der Waals surface area (Å²) in [5.74, 6) is -0.107. The van der Waals surface area contributed by atoms with E-state index in [4.69, 9.17) is 0 Å². The number of carbonyl (C=O) groups excluding carboxylic acids is 2. The molecule has 2 amide bonds. The van der Waals surface area contributed by atoms with Gasteiger partial charge >= 0.3 is 0 Å². The summed E-state index contributed by atoms with van der Waals surface area (Å²) in [5.41, 5.74) is 2.31. The number of hydrogen-bond acceptors (Lipinski definition) is 2. The van der Waals surface area contributed by atoms with Crippen LogP contribution in [0.5, 0.6) is 0 Å². The molecular formula is C27H32N2O2. The van der Waals surface area contributed by atoms with Crippen molar-refractivity contribution in [3.63, 3.8) is 0 Å². The van der Waals surface area contributed by atoms with Crippen LogP contribution in [-0.2, 0) is 11.3 Å². The lowest BCUT2D eigenvalue weighted by Crippen LogP contribution is -2.60. The first-order valence-electron chi connectivity index (χ1n) is 11.9. The molecule has 31 heavy (non-hydrogen) atoms. The van der Waals surface area contributed by atoms with Crippen molar-refractivity contribution < 1.29 is 9.59 Å². The number of benzene rings is 2. The van der Waals surface area contributed by atoms with E-state index in [2.05, 4.69) is 17.4 Å². The first kappa shape index (κ1) is 20.3. The lowest BCUT2D eigenvalue weighted by atomic mass is 9.70. The van der Waals surface area contributed by atoms with E-state index >= 15 is 0 Å². The summed E-state index contributed by atoms with van der Waals surface area (Å²) in [6.45, 7) is 0.557. The number of hydrogen-bond donors (Lipinski definition) is 1. The summed E-state index contributed by atoms with van der Waals surface area (Å²) in [6.07, 6.45) is 9.70. The fraction of sp³-hybridized carbons (Fsp3) is 0.481. The number of carbonyl (C=O) groups is 2. The average Bonchev–Trinajstić information content (AvgIpc) is 3.28. The van der Waals surface area contributed by atoms with Gasteiger partial charge in [0.25, 0.3) is 5.91 Å². The maximum absolute atomic E-state index is 13.8. The van der Waals surface area contributed by atoms with Crippen molar-refractivity contribution in [3.8, 4) is 0 Å². The summed E-state index contributed by atoms with van der Waals surface area (Å²) >= 11 is 0. The first-order valence-corrected chi connectivity index (χ1v) is 11.9. The van der Waals surface area contributed by atoms with Crippen LogP contribution >= 0.6 is 0 Å². The molecule has 0 bridgehead atoms. The molecule has 2 aromatic rings. The highest BCUT2D eigenvalue weighted by Gasteiger charge is 2.55. The summed E-state index contributed by atoms with van der Waals surface area (Å²) in [5, 5.41) is 3.40. The standard InChI is InChI=1S/C27H32N2O2/c30-25(28-21-13-5-2-6-14-21)24-22-15-7-8-16-23(22)26(31)29(27(24)17-9-10-18-27)19-20-11-3-1-4-12-20/h1,3-4,7-8,11-12,15-16,21,24H,2,5-6,9-10,13-14,17-19H2,(H,28,30). The molecule has 1 atom stereocenters. The number of nitrogens with one attached hydrogen (secondary N) is 1. The molecule has 4 nitrogen and oxygen atoms in total. The highest BCUT2D eigenvalue weighted by Crippen LogP contribution is 2.51. The highest BCUT2D eigenvalue weighted by molar-refractivity contribution is 6.02. The van der Waals surface area contributed by atoms with Gasteiger partial charge < -0.3 is 10.2 Å². The van der Waals surface area contributed by atoms with Crippen LogP contribution in [0.15, 0.2) is 54.6 Å². The Balaban J connectivity index is 1.56. The van der Waals surface area contributed by atoms with Crippen LogP contribution < -0.4 is 5.32 Å². The van der Waals surface area contributed by atoms with E-state index < -0.39 is 5.54 Å². The van der Waals surface area contributed by atoms with E-state index in [0.29, 0.717) is 12.1 Å². The number of nitrogens with zero attached hydrogens (tertiary/aromatic N) is 1. The van der Waals surface area contributed by atoms with Crippen molar-refractivity contribution in [2.75, 3.05) is 0 Å². The van der Waals surface area contributed by atoms with Gasteiger partial charge in [0.05, 0.1) is 11.5 Å². The molecule has 0 aromatic heterocycles. The lowest BCUT2D eigenvalue weighted by Gasteiger charge is -2.50. The van der Waals surface area contributed by atoms with Crippen LogP contribution in [0.1, 0.15) is 85.2 Å². The second-order valence-corrected chi connectivity index (χ2v) is 9.55. The van der Waals surface area contributed by atoms with Gasteiger partial charge in [0.2, 0.25) is 5.91 Å². The summed E-state index contributed by atoms with van der Waals surface area (Å²) in [4.78, 5) is 29.6. The predicted molar refractivity (Wildman–Crippen MR) is 122 cm³/mol. The molecule has 3 aliphatic rings. The van der Waals surface area contributed by atoms with E-state index in [-0.39, 0.29) is 23.8 Å². The van der Waals surface area contributed by atoms with E-state index in [1.807, 2.05) is 47.4 Å². The average molecular weight is 417 g/mol. The van der Waals surface area contributed by atoms with Crippen LogP contribution in [-0.4, -0.2) is 28.3 Å². The van der Waals surface area contributed by atoms with Crippen LogP contribution in [0, 0.1) is 0 Å². The number of rotatable bonds is 4. The Bertz CT molecular complexity index is 943. The lowest BCUT2D eigenvalue weighted by molar-refractivity contribution is -0.127. The second-order valence-electron chi connectivity index (χ2n) is 9.55. The Morgan fingerprint density at radius 3 is 2.32 bits per heavy atom. The van der Waals surface area contributed by atoms with E-state index in [0.717, 1.165) is 49.7 Å². The third-order valence-electron chi connectivity index (χ3n) is 7.69. The normalized spacial score (nSPS) is 23.0. The van der Waals surface area contributed by atoms with Crippen molar-refractivity contribution in [3.05, 3.63) is 71.3 Å². The Labute approximate surface area is 185 Å². The minimum atomic E-state index is -0.431. The molecule has 2 aromatic carbocycles. The van der Waals surface area contributed by atoms with Crippen molar-refractivity contribution in [1.82, 2.24) is 10.2 Å². The summed E-state index contributed by atoms with van der Waals surface area (Å²) < 4.78 is 0. The van der Waals surface area contributed by atoms with Crippen LogP contribution in [0.25, 0.3) is 0 Å². The molecule has 2 fully saturated rings.